The number of benzene rings is 1. The van der Waals surface area contributed by atoms with Crippen molar-refractivity contribution in [3.63, 3.8) is 0 Å². The van der Waals surface area contributed by atoms with Crippen molar-refractivity contribution >= 4 is 17.2 Å². The minimum Gasteiger partial charge on any atom is -0.335 e. The van der Waals surface area contributed by atoms with Crippen molar-refractivity contribution in [3.8, 4) is 10.4 Å². The number of carbonyl (C=O) groups is 1. The Kier molecular flexibility index (Phi) is 5.18. The number of H-pyrrole nitrogens is 1. The number of rotatable bonds is 4. The molecule has 138 valence electrons. The molecule has 4 rings (SSSR count). The molecule has 0 unspecified atom stereocenters. The van der Waals surface area contributed by atoms with E-state index in [1.807, 2.05) is 23.1 Å². The predicted octanol–water partition coefficient (Wildman–Crippen LogP) is 3.06. The van der Waals surface area contributed by atoms with E-state index >= 15 is 0 Å². The van der Waals surface area contributed by atoms with Crippen LogP contribution in [0.4, 0.5) is 0 Å². The van der Waals surface area contributed by atoms with Gasteiger partial charge in [0, 0.05) is 55.4 Å². The van der Waals surface area contributed by atoms with Crippen molar-refractivity contribution < 1.29 is 4.79 Å². The summed E-state index contributed by atoms with van der Waals surface area (Å²) in [5, 5.41) is 0. The first-order valence-corrected chi connectivity index (χ1v) is 9.85. The first-order valence-electron chi connectivity index (χ1n) is 9.03. The van der Waals surface area contributed by atoms with Crippen LogP contribution in [-0.4, -0.2) is 46.9 Å². The summed E-state index contributed by atoms with van der Waals surface area (Å²) in [5.41, 5.74) is 2.10. The molecule has 0 aliphatic carbocycles. The number of pyridine rings is 1. The van der Waals surface area contributed by atoms with Crippen LogP contribution < -0.4 is 5.56 Å². The van der Waals surface area contributed by atoms with Gasteiger partial charge in [0.15, 0.2) is 0 Å². The van der Waals surface area contributed by atoms with Crippen LogP contribution in [0.3, 0.4) is 0 Å². The number of thiophene rings is 1. The fourth-order valence-electron chi connectivity index (χ4n) is 3.28. The summed E-state index contributed by atoms with van der Waals surface area (Å²) in [6, 6.07) is 17.5. The lowest BCUT2D eigenvalue weighted by atomic mass is 10.2. The Hall–Kier alpha value is -2.70. The maximum atomic E-state index is 12.8. The second-order valence-electron chi connectivity index (χ2n) is 6.66. The number of nitrogens with zero attached hydrogens (tertiary/aromatic N) is 2. The van der Waals surface area contributed by atoms with Gasteiger partial charge in [-0.1, -0.05) is 30.3 Å². The molecule has 0 radical (unpaired) electrons. The van der Waals surface area contributed by atoms with Crippen molar-refractivity contribution in [2.45, 2.75) is 6.54 Å². The summed E-state index contributed by atoms with van der Waals surface area (Å²) in [5.74, 6) is 0.0926. The lowest BCUT2D eigenvalue weighted by molar-refractivity contribution is 0.0633. The molecule has 3 heterocycles. The van der Waals surface area contributed by atoms with Gasteiger partial charge in [-0.3, -0.25) is 14.5 Å². The normalized spacial score (nSPS) is 15.0. The number of hydrogen-bond acceptors (Lipinski definition) is 4. The van der Waals surface area contributed by atoms with E-state index in [-0.39, 0.29) is 11.5 Å². The molecule has 0 bridgehead atoms. The summed E-state index contributed by atoms with van der Waals surface area (Å²) in [6.45, 7) is 4.20. The highest BCUT2D eigenvalue weighted by Gasteiger charge is 2.23. The predicted molar refractivity (Wildman–Crippen MR) is 108 cm³/mol. The third-order valence-corrected chi connectivity index (χ3v) is 5.92. The molecule has 1 aliphatic rings. The molecule has 1 amide bonds. The molecule has 0 spiro atoms. The first kappa shape index (κ1) is 17.7. The monoisotopic (exact) mass is 379 g/mol. The summed E-state index contributed by atoms with van der Waals surface area (Å²) in [7, 11) is 0. The second kappa shape index (κ2) is 7.90. The standard InChI is InChI=1S/C21H21N3O2S/c25-20-9-6-17(14-22-20)18-7-8-19(27-18)21(26)24-12-10-23(11-13-24)15-16-4-2-1-3-5-16/h1-9,14H,10-13,15H2,(H,22,25). The summed E-state index contributed by atoms with van der Waals surface area (Å²) in [4.78, 5) is 32.7. The van der Waals surface area contributed by atoms with E-state index in [2.05, 4.69) is 34.1 Å². The largest absolute Gasteiger partial charge is 0.335 e. The molecule has 2 aromatic heterocycles. The molecule has 1 saturated heterocycles. The van der Waals surface area contributed by atoms with Crippen LogP contribution in [0.5, 0.6) is 0 Å². The zero-order chi connectivity index (χ0) is 18.6. The van der Waals surface area contributed by atoms with E-state index in [9.17, 15) is 9.59 Å². The highest BCUT2D eigenvalue weighted by molar-refractivity contribution is 7.17. The fraction of sp³-hybridized carbons (Fsp3) is 0.238. The second-order valence-corrected chi connectivity index (χ2v) is 7.74. The lowest BCUT2D eigenvalue weighted by Crippen LogP contribution is -2.48. The summed E-state index contributed by atoms with van der Waals surface area (Å²) < 4.78 is 0. The van der Waals surface area contributed by atoms with E-state index in [1.54, 1.807) is 12.3 Å². The van der Waals surface area contributed by atoms with Crippen molar-refractivity contribution in [3.05, 3.63) is 81.6 Å². The van der Waals surface area contributed by atoms with E-state index < -0.39 is 0 Å². The quantitative estimate of drug-likeness (QED) is 0.758. The number of aromatic amines is 1. The Morgan fingerprint density at radius 1 is 0.963 bits per heavy atom. The molecule has 0 atom stereocenters. The van der Waals surface area contributed by atoms with Crippen LogP contribution in [0, 0.1) is 0 Å². The molecular formula is C21H21N3O2S. The van der Waals surface area contributed by atoms with Crippen molar-refractivity contribution in [2.75, 3.05) is 26.2 Å². The Balaban J connectivity index is 1.37. The SMILES string of the molecule is O=C(c1ccc(-c2ccc(=O)[nH]c2)s1)N1CCN(Cc2ccccc2)CC1. The van der Waals surface area contributed by atoms with Crippen LogP contribution in [-0.2, 0) is 6.54 Å². The molecule has 27 heavy (non-hydrogen) atoms. The summed E-state index contributed by atoms with van der Waals surface area (Å²) in [6.07, 6.45) is 1.69. The van der Waals surface area contributed by atoms with Crippen molar-refractivity contribution in [1.82, 2.24) is 14.8 Å². The van der Waals surface area contributed by atoms with Gasteiger partial charge in [0.1, 0.15) is 0 Å². The van der Waals surface area contributed by atoms with Gasteiger partial charge >= 0.3 is 0 Å². The van der Waals surface area contributed by atoms with Gasteiger partial charge in [0.2, 0.25) is 5.56 Å². The maximum Gasteiger partial charge on any atom is 0.264 e. The number of amides is 1. The molecule has 0 saturated carbocycles. The number of hydrogen-bond donors (Lipinski definition) is 1. The molecule has 1 aliphatic heterocycles. The average molecular weight is 379 g/mol. The molecule has 1 aromatic carbocycles. The van der Waals surface area contributed by atoms with Crippen LogP contribution in [0.1, 0.15) is 15.2 Å². The minimum atomic E-state index is -0.125. The van der Waals surface area contributed by atoms with E-state index in [0.717, 1.165) is 48.0 Å². The van der Waals surface area contributed by atoms with Gasteiger partial charge < -0.3 is 9.88 Å². The van der Waals surface area contributed by atoms with Gasteiger partial charge in [-0.25, -0.2) is 0 Å². The Morgan fingerprint density at radius 2 is 1.74 bits per heavy atom. The molecule has 3 aromatic rings. The number of nitrogens with one attached hydrogen (secondary N) is 1. The van der Waals surface area contributed by atoms with E-state index in [0.29, 0.717) is 0 Å². The van der Waals surface area contributed by atoms with Gasteiger partial charge in [-0.15, -0.1) is 11.3 Å². The minimum absolute atomic E-state index is 0.0926. The summed E-state index contributed by atoms with van der Waals surface area (Å²) >= 11 is 1.47. The smallest absolute Gasteiger partial charge is 0.264 e. The number of aromatic nitrogens is 1. The molecular weight excluding hydrogens is 358 g/mol. The Labute approximate surface area is 161 Å². The Morgan fingerprint density at radius 3 is 2.44 bits per heavy atom. The Bertz CT molecular complexity index is 952. The lowest BCUT2D eigenvalue weighted by Gasteiger charge is -2.34. The zero-order valence-electron chi connectivity index (χ0n) is 14.9. The average Bonchev–Trinajstić information content (AvgIpc) is 3.20. The highest BCUT2D eigenvalue weighted by atomic mass is 32.1. The van der Waals surface area contributed by atoms with E-state index in [4.69, 9.17) is 0 Å². The molecule has 1 N–H and O–H groups in total. The first-order chi connectivity index (χ1) is 13.2. The number of piperazine rings is 1. The van der Waals surface area contributed by atoms with Crippen molar-refractivity contribution in [1.29, 1.82) is 0 Å². The fourth-order valence-corrected chi connectivity index (χ4v) is 4.25. The number of carbonyl (C=O) groups excluding carboxylic acids is 1. The third kappa shape index (κ3) is 4.18. The van der Waals surface area contributed by atoms with Crippen molar-refractivity contribution in [2.24, 2.45) is 0 Å². The third-order valence-electron chi connectivity index (χ3n) is 4.79. The molecule has 5 nitrogen and oxygen atoms in total. The zero-order valence-corrected chi connectivity index (χ0v) is 15.7. The molecule has 1 fully saturated rings. The highest BCUT2D eigenvalue weighted by Crippen LogP contribution is 2.28. The van der Waals surface area contributed by atoms with Gasteiger partial charge in [0.05, 0.1) is 4.88 Å². The van der Waals surface area contributed by atoms with Crippen LogP contribution >= 0.6 is 11.3 Å². The van der Waals surface area contributed by atoms with Crippen LogP contribution in [0.15, 0.2) is 65.6 Å². The van der Waals surface area contributed by atoms with Crippen LogP contribution in [0.25, 0.3) is 10.4 Å². The maximum absolute atomic E-state index is 12.8. The molecule has 6 heteroatoms. The van der Waals surface area contributed by atoms with Gasteiger partial charge in [-0.05, 0) is 23.8 Å². The topological polar surface area (TPSA) is 56.4 Å². The van der Waals surface area contributed by atoms with Gasteiger partial charge in [-0.2, -0.15) is 0 Å². The van der Waals surface area contributed by atoms with Gasteiger partial charge in [0.25, 0.3) is 5.91 Å². The van der Waals surface area contributed by atoms with Crippen LogP contribution in [0.2, 0.25) is 0 Å². The van der Waals surface area contributed by atoms with E-state index in [1.165, 1.54) is 23.0 Å².